The molecule has 0 aliphatic rings. The Morgan fingerprint density at radius 3 is 0.727 bits per heavy atom. The quantitative estimate of drug-likeness (QED) is 0.147. The van der Waals surface area contributed by atoms with Gasteiger partial charge in [0.1, 0.15) is 0 Å². The molecule has 0 amide bonds. The summed E-state index contributed by atoms with van der Waals surface area (Å²) in [6, 6.07) is 0. The zero-order chi connectivity index (χ0) is 6.50. The molecule has 0 aromatic heterocycles. The molecule has 0 aliphatic carbocycles. The Kier molecular flexibility index (Phi) is 94.6. The van der Waals surface area contributed by atoms with Crippen molar-refractivity contribution in [1.82, 2.24) is 24.6 Å². The molecule has 0 aromatic carbocycles. The van der Waals surface area contributed by atoms with E-state index in [1.165, 1.54) is 0 Å². The van der Waals surface area contributed by atoms with E-state index < -0.39 is 10.4 Å². The third kappa shape index (κ3) is 4100. The average Bonchev–Trinajstić information content (AvgIpc) is 1.36. The van der Waals surface area contributed by atoms with Crippen LogP contribution in [0, 0.1) is 0 Å². The molecular weight excluding hydrogens is 184 g/mol. The van der Waals surface area contributed by atoms with Gasteiger partial charge in [0.25, 0.3) is 0 Å². The molecule has 10 nitrogen and oxygen atoms in total. The molecule has 16 N–H and O–H groups in total. The van der Waals surface area contributed by atoms with Crippen molar-refractivity contribution in [2.75, 3.05) is 0 Å². The Morgan fingerprint density at radius 1 is 0.727 bits per heavy atom. The summed E-state index contributed by atoms with van der Waals surface area (Å²) in [5.41, 5.74) is 0. The molecule has 0 fully saturated rings. The molecule has 0 heterocycles. The fraction of sp³-hybridized carbons (Fsp3) is 0. The largest absolute Gasteiger partial charge is 0.394 e. The number of hydrogen-bond donors (Lipinski definition) is 8. The van der Waals surface area contributed by atoms with Crippen molar-refractivity contribution in [3.8, 4) is 0 Å². The molecule has 0 atom stereocenters. The molecule has 11 heteroatoms. The SMILES string of the molecule is N.N.N.N.O=S(=O)(O)O.OO. The lowest BCUT2D eigenvalue weighted by atomic mass is 14.0. The van der Waals surface area contributed by atoms with E-state index in [1.54, 1.807) is 0 Å². The van der Waals surface area contributed by atoms with Crippen LogP contribution in [0.2, 0.25) is 0 Å². The molecule has 0 rings (SSSR count). The van der Waals surface area contributed by atoms with Gasteiger partial charge in [0, 0.05) is 0 Å². The molecule has 0 bridgehead atoms. The van der Waals surface area contributed by atoms with E-state index in [-0.39, 0.29) is 24.6 Å². The number of hydrogen-bond acceptors (Lipinski definition) is 8. The van der Waals surface area contributed by atoms with E-state index in [1.807, 2.05) is 0 Å². The Balaban J connectivity index is -0.00000000972. The zero-order valence-corrected chi connectivity index (χ0v) is 6.66. The summed E-state index contributed by atoms with van der Waals surface area (Å²) in [6.45, 7) is 0. The van der Waals surface area contributed by atoms with E-state index in [0.717, 1.165) is 0 Å². The molecule has 0 aliphatic heterocycles. The molecule has 78 valence electrons. The zero-order valence-electron chi connectivity index (χ0n) is 5.84. The van der Waals surface area contributed by atoms with E-state index in [2.05, 4.69) is 0 Å². The van der Waals surface area contributed by atoms with Crippen molar-refractivity contribution < 1.29 is 28.0 Å². The predicted molar refractivity (Wildman–Crippen MR) is 39.5 cm³/mol. The predicted octanol–water partition coefficient (Wildman–Crippen LogP) is 0.0126. The fourth-order valence-electron chi connectivity index (χ4n) is 0. The highest BCUT2D eigenvalue weighted by atomic mass is 32.3. The summed E-state index contributed by atoms with van der Waals surface area (Å²) >= 11 is 0. The number of rotatable bonds is 0. The van der Waals surface area contributed by atoms with Crippen LogP contribution in [0.25, 0.3) is 0 Å². The minimum Gasteiger partial charge on any atom is -0.344 e. The molecular formula is H16N4O6S. The minimum atomic E-state index is -4.67. The highest BCUT2D eigenvalue weighted by Crippen LogP contribution is 1.59. The highest BCUT2D eigenvalue weighted by molar-refractivity contribution is 7.79. The maximum absolute atomic E-state index is 8.74. The highest BCUT2D eigenvalue weighted by Gasteiger charge is 1.84. The molecule has 0 unspecified atom stereocenters. The third-order valence-corrected chi connectivity index (χ3v) is 0. The summed E-state index contributed by atoms with van der Waals surface area (Å²) in [7, 11) is -4.67. The second-order valence-electron chi connectivity index (χ2n) is 0.448. The molecule has 0 spiro atoms. The lowest BCUT2D eigenvalue weighted by Gasteiger charge is -1.68. The second kappa shape index (κ2) is 22.6. The smallest absolute Gasteiger partial charge is 0.344 e. The first-order valence-corrected chi connectivity index (χ1v) is 2.30. The molecule has 11 heavy (non-hydrogen) atoms. The summed E-state index contributed by atoms with van der Waals surface area (Å²) in [6.07, 6.45) is 0. The summed E-state index contributed by atoms with van der Waals surface area (Å²) in [4.78, 5) is 0. The van der Waals surface area contributed by atoms with Gasteiger partial charge in [-0.1, -0.05) is 0 Å². The van der Waals surface area contributed by atoms with E-state index in [9.17, 15) is 0 Å². The van der Waals surface area contributed by atoms with Gasteiger partial charge in [0.2, 0.25) is 0 Å². The van der Waals surface area contributed by atoms with Gasteiger partial charge >= 0.3 is 10.4 Å². The lowest BCUT2D eigenvalue weighted by Crippen LogP contribution is -1.89. The maximum Gasteiger partial charge on any atom is 0.394 e. The molecule has 0 saturated carbocycles. The molecule has 0 radical (unpaired) electrons. The average molecular weight is 200 g/mol. The minimum absolute atomic E-state index is 0. The topological polar surface area (TPSA) is 255 Å². The standard InChI is InChI=1S/4H3N.H2O4S.H2O2/c;;;;1-5(2,3)4;1-2/h4*1H3;(H2,1,2,3,4);1-2H. The van der Waals surface area contributed by atoms with Crippen LogP contribution in [0.3, 0.4) is 0 Å². The summed E-state index contributed by atoms with van der Waals surface area (Å²) in [5, 5.41) is 12.0. The first-order valence-electron chi connectivity index (χ1n) is 0.898. The maximum atomic E-state index is 8.74. The van der Waals surface area contributed by atoms with E-state index in [0.29, 0.717) is 0 Å². The van der Waals surface area contributed by atoms with Crippen LogP contribution in [0.15, 0.2) is 0 Å². The second-order valence-corrected chi connectivity index (χ2v) is 1.34. The Hall–Kier alpha value is -0.370. The van der Waals surface area contributed by atoms with Crippen LogP contribution in [0.4, 0.5) is 0 Å². The van der Waals surface area contributed by atoms with Crippen LogP contribution in [-0.4, -0.2) is 28.0 Å². The van der Waals surface area contributed by atoms with Crippen LogP contribution in [-0.2, 0) is 10.4 Å². The first kappa shape index (κ1) is 46.0. The Morgan fingerprint density at radius 2 is 0.727 bits per heavy atom. The van der Waals surface area contributed by atoms with Gasteiger partial charge in [-0.3, -0.25) is 19.6 Å². The van der Waals surface area contributed by atoms with E-state index in [4.69, 9.17) is 28.0 Å². The van der Waals surface area contributed by atoms with E-state index >= 15 is 0 Å². The lowest BCUT2D eigenvalue weighted by molar-refractivity contribution is -0.176. The van der Waals surface area contributed by atoms with Crippen molar-refractivity contribution in [3.05, 3.63) is 0 Å². The van der Waals surface area contributed by atoms with Crippen molar-refractivity contribution in [2.45, 2.75) is 0 Å². The van der Waals surface area contributed by atoms with Crippen molar-refractivity contribution in [3.63, 3.8) is 0 Å². The van der Waals surface area contributed by atoms with Gasteiger partial charge in [-0.05, 0) is 0 Å². The van der Waals surface area contributed by atoms with Crippen LogP contribution >= 0.6 is 0 Å². The third-order valence-electron chi connectivity index (χ3n) is 0. The first-order chi connectivity index (χ1) is 3.00. The van der Waals surface area contributed by atoms with Crippen molar-refractivity contribution >= 4 is 10.4 Å². The Bertz CT molecular complexity index is 97.8. The van der Waals surface area contributed by atoms with Crippen molar-refractivity contribution in [1.29, 1.82) is 0 Å². The van der Waals surface area contributed by atoms with Gasteiger partial charge in [-0.2, -0.15) is 8.42 Å². The summed E-state index contributed by atoms with van der Waals surface area (Å²) in [5.74, 6) is 0. The van der Waals surface area contributed by atoms with Gasteiger partial charge in [0.15, 0.2) is 0 Å². The van der Waals surface area contributed by atoms with Crippen LogP contribution in [0.1, 0.15) is 0 Å². The van der Waals surface area contributed by atoms with Gasteiger partial charge < -0.3 is 24.6 Å². The monoisotopic (exact) mass is 200 g/mol. The van der Waals surface area contributed by atoms with Gasteiger partial charge in [0.05, 0.1) is 0 Å². The molecule has 0 saturated heterocycles. The molecule has 0 aromatic rings. The van der Waals surface area contributed by atoms with Gasteiger partial charge in [-0.25, -0.2) is 0 Å². The fourth-order valence-corrected chi connectivity index (χ4v) is 0. The Labute approximate surface area is 64.1 Å². The van der Waals surface area contributed by atoms with Gasteiger partial charge in [-0.15, -0.1) is 0 Å². The normalized spacial score (nSPS) is 5.82. The van der Waals surface area contributed by atoms with Crippen LogP contribution < -0.4 is 24.6 Å². The summed E-state index contributed by atoms with van der Waals surface area (Å²) < 4.78 is 31.6. The van der Waals surface area contributed by atoms with Crippen LogP contribution in [0.5, 0.6) is 0 Å². The van der Waals surface area contributed by atoms with Crippen molar-refractivity contribution in [2.24, 2.45) is 0 Å².